The number of sulfone groups is 1. The van der Waals surface area contributed by atoms with Gasteiger partial charge in [-0.25, -0.2) is 8.42 Å². The number of allylic oxidation sites excluding steroid dienone is 1. The zero-order valence-corrected chi connectivity index (χ0v) is 8.45. The van der Waals surface area contributed by atoms with E-state index in [0.717, 1.165) is 6.26 Å². The average molecular weight is 207 g/mol. The Morgan fingerprint density at radius 2 is 1.93 bits per heavy atom. The van der Waals surface area contributed by atoms with Crippen LogP contribution in [0.4, 0.5) is 0 Å². The van der Waals surface area contributed by atoms with E-state index in [9.17, 15) is 8.42 Å². The molecule has 0 N–H and O–H groups in total. The molecule has 0 aromatic heterocycles. The fourth-order valence-corrected chi connectivity index (χ4v) is 1.44. The third-order valence-electron chi connectivity index (χ3n) is 1.61. The van der Waals surface area contributed by atoms with Gasteiger partial charge < -0.3 is 0 Å². The van der Waals surface area contributed by atoms with Gasteiger partial charge in [0.2, 0.25) is 0 Å². The molecule has 3 nitrogen and oxygen atoms in total. The fourth-order valence-electron chi connectivity index (χ4n) is 0.923. The smallest absolute Gasteiger partial charge is 0.185 e. The van der Waals surface area contributed by atoms with Crippen LogP contribution >= 0.6 is 0 Å². The summed E-state index contributed by atoms with van der Waals surface area (Å²) < 4.78 is 22.2. The van der Waals surface area contributed by atoms with Crippen molar-refractivity contribution in [1.29, 1.82) is 5.26 Å². The molecule has 0 bridgehead atoms. The predicted molar refractivity (Wildman–Crippen MR) is 54.9 cm³/mol. The molecular formula is C10H9NO2S. The second-order valence-electron chi connectivity index (χ2n) is 2.80. The van der Waals surface area contributed by atoms with Gasteiger partial charge in [0, 0.05) is 6.26 Å². The maximum Gasteiger partial charge on any atom is 0.185 e. The number of nitrogens with zero attached hydrogens (tertiary/aromatic N) is 1. The summed E-state index contributed by atoms with van der Waals surface area (Å²) in [5.41, 5.74) is 0.703. The lowest BCUT2D eigenvalue weighted by Crippen LogP contribution is -1.98. The minimum Gasteiger partial charge on any atom is -0.223 e. The molecule has 0 aliphatic carbocycles. The first-order valence-electron chi connectivity index (χ1n) is 3.91. The number of benzene rings is 1. The molecule has 0 saturated heterocycles. The number of rotatable bonds is 2. The summed E-state index contributed by atoms with van der Waals surface area (Å²) >= 11 is 0. The zero-order chi connectivity index (χ0) is 10.6. The number of nitriles is 1. The Hall–Kier alpha value is -1.60. The molecule has 0 saturated carbocycles. The minimum absolute atomic E-state index is 0.219. The molecule has 0 heterocycles. The molecular weight excluding hydrogens is 198 g/mol. The summed E-state index contributed by atoms with van der Waals surface area (Å²) in [6, 6.07) is 10.5. The molecule has 0 spiro atoms. The average Bonchev–Trinajstić information content (AvgIpc) is 2.14. The van der Waals surface area contributed by atoms with Crippen molar-refractivity contribution in [2.75, 3.05) is 6.26 Å². The van der Waals surface area contributed by atoms with Gasteiger partial charge in [0.25, 0.3) is 0 Å². The molecule has 4 heteroatoms. The Kier molecular flexibility index (Phi) is 3.05. The Bertz CT molecular complexity index is 481. The van der Waals surface area contributed by atoms with Crippen molar-refractivity contribution in [3.63, 3.8) is 0 Å². The molecule has 14 heavy (non-hydrogen) atoms. The van der Waals surface area contributed by atoms with Crippen LogP contribution in [-0.2, 0) is 9.84 Å². The highest BCUT2D eigenvalue weighted by molar-refractivity contribution is 7.95. The van der Waals surface area contributed by atoms with Crippen LogP contribution in [0.3, 0.4) is 0 Å². The van der Waals surface area contributed by atoms with Crippen molar-refractivity contribution in [2.45, 2.75) is 0 Å². The fraction of sp³-hybridized carbons (Fsp3) is 0.100. The number of hydrogen-bond donors (Lipinski definition) is 0. The lowest BCUT2D eigenvalue weighted by atomic mass is 10.2. The van der Waals surface area contributed by atoms with Crippen LogP contribution in [0.5, 0.6) is 0 Å². The van der Waals surface area contributed by atoms with E-state index in [2.05, 4.69) is 0 Å². The Balaban J connectivity index is 3.17. The predicted octanol–water partition coefficient (Wildman–Crippen LogP) is 1.60. The van der Waals surface area contributed by atoms with Crippen molar-refractivity contribution < 1.29 is 8.42 Å². The third kappa shape index (κ3) is 2.71. The van der Waals surface area contributed by atoms with E-state index in [1.54, 1.807) is 30.3 Å². The number of hydrogen-bond acceptors (Lipinski definition) is 3. The van der Waals surface area contributed by atoms with Crippen LogP contribution in [0.25, 0.3) is 6.08 Å². The first-order valence-corrected chi connectivity index (χ1v) is 5.80. The van der Waals surface area contributed by atoms with Crippen LogP contribution in [0, 0.1) is 11.3 Å². The second kappa shape index (κ2) is 4.07. The normalized spacial score (nSPS) is 12.1. The van der Waals surface area contributed by atoms with Gasteiger partial charge in [-0.05, 0) is 11.6 Å². The lowest BCUT2D eigenvalue weighted by molar-refractivity contribution is 0.609. The third-order valence-corrected chi connectivity index (χ3v) is 2.62. The summed E-state index contributed by atoms with van der Waals surface area (Å²) in [6.07, 6.45) is 2.38. The highest BCUT2D eigenvalue weighted by atomic mass is 32.2. The topological polar surface area (TPSA) is 57.9 Å². The quantitative estimate of drug-likeness (QED) is 0.692. The van der Waals surface area contributed by atoms with Gasteiger partial charge in [0.1, 0.15) is 11.0 Å². The summed E-state index contributed by atoms with van der Waals surface area (Å²) in [6.45, 7) is 0. The first kappa shape index (κ1) is 10.5. The zero-order valence-electron chi connectivity index (χ0n) is 7.64. The molecule has 72 valence electrons. The van der Waals surface area contributed by atoms with E-state index in [4.69, 9.17) is 5.26 Å². The van der Waals surface area contributed by atoms with Gasteiger partial charge >= 0.3 is 0 Å². The van der Waals surface area contributed by atoms with Gasteiger partial charge in [0.15, 0.2) is 9.84 Å². The van der Waals surface area contributed by atoms with Crippen LogP contribution in [0.1, 0.15) is 5.56 Å². The second-order valence-corrected chi connectivity index (χ2v) is 4.79. The van der Waals surface area contributed by atoms with Crippen LogP contribution in [0.15, 0.2) is 35.2 Å². The molecule has 0 radical (unpaired) electrons. The maximum absolute atomic E-state index is 11.1. The molecule has 1 aromatic rings. The molecule has 0 aliphatic rings. The van der Waals surface area contributed by atoms with E-state index < -0.39 is 9.84 Å². The minimum atomic E-state index is -3.41. The monoisotopic (exact) mass is 207 g/mol. The van der Waals surface area contributed by atoms with Crippen LogP contribution in [0.2, 0.25) is 0 Å². The van der Waals surface area contributed by atoms with Crippen LogP contribution < -0.4 is 0 Å². The van der Waals surface area contributed by atoms with Gasteiger partial charge in [0.05, 0.1) is 0 Å². The molecule has 0 amide bonds. The summed E-state index contributed by atoms with van der Waals surface area (Å²) in [5.74, 6) is 0. The first-order chi connectivity index (χ1) is 6.54. The van der Waals surface area contributed by atoms with E-state index in [1.807, 2.05) is 6.07 Å². The highest BCUT2D eigenvalue weighted by Gasteiger charge is 2.09. The van der Waals surface area contributed by atoms with Gasteiger partial charge in [-0.1, -0.05) is 30.3 Å². The molecule has 1 aromatic carbocycles. The summed E-state index contributed by atoms with van der Waals surface area (Å²) in [7, 11) is -3.41. The van der Waals surface area contributed by atoms with Crippen molar-refractivity contribution in [2.24, 2.45) is 0 Å². The van der Waals surface area contributed by atoms with E-state index in [-0.39, 0.29) is 4.91 Å². The van der Waals surface area contributed by atoms with Crippen molar-refractivity contribution in [3.05, 3.63) is 40.8 Å². The molecule has 0 fully saturated rings. The Labute approximate surface area is 83.2 Å². The van der Waals surface area contributed by atoms with E-state index >= 15 is 0 Å². The molecule has 0 atom stereocenters. The van der Waals surface area contributed by atoms with Crippen molar-refractivity contribution in [3.8, 4) is 6.07 Å². The van der Waals surface area contributed by atoms with Crippen molar-refractivity contribution in [1.82, 2.24) is 0 Å². The lowest BCUT2D eigenvalue weighted by Gasteiger charge is -1.95. The molecule has 0 aliphatic heterocycles. The van der Waals surface area contributed by atoms with Gasteiger partial charge in [-0.3, -0.25) is 0 Å². The van der Waals surface area contributed by atoms with Gasteiger partial charge in [-0.15, -0.1) is 0 Å². The van der Waals surface area contributed by atoms with E-state index in [0.29, 0.717) is 5.56 Å². The van der Waals surface area contributed by atoms with Crippen molar-refractivity contribution >= 4 is 15.9 Å². The van der Waals surface area contributed by atoms with E-state index in [1.165, 1.54) is 6.08 Å². The molecule has 1 rings (SSSR count). The largest absolute Gasteiger partial charge is 0.223 e. The maximum atomic E-state index is 11.1. The van der Waals surface area contributed by atoms with Crippen LogP contribution in [-0.4, -0.2) is 14.7 Å². The Morgan fingerprint density at radius 3 is 2.36 bits per heavy atom. The standard InChI is InChI=1S/C10H9NO2S/c1-14(12,13)10(8-11)7-9-5-3-2-4-6-9/h2-7H,1H3/b10-7-. The summed E-state index contributed by atoms with van der Waals surface area (Å²) in [5, 5.41) is 8.63. The SMILES string of the molecule is CS(=O)(=O)/C(C#N)=C\c1ccccc1. The molecule has 0 unspecified atom stereocenters. The highest BCUT2D eigenvalue weighted by Crippen LogP contribution is 2.10. The Morgan fingerprint density at radius 1 is 1.36 bits per heavy atom. The summed E-state index contributed by atoms with van der Waals surface area (Å²) in [4.78, 5) is -0.219. The van der Waals surface area contributed by atoms with Gasteiger partial charge in [-0.2, -0.15) is 5.26 Å².